The number of thiazole rings is 1. The van der Waals surface area contributed by atoms with Crippen LogP contribution in [0.4, 0.5) is 5.13 Å². The van der Waals surface area contributed by atoms with Gasteiger partial charge in [0.2, 0.25) is 0 Å². The second kappa shape index (κ2) is 6.15. The van der Waals surface area contributed by atoms with Crippen LogP contribution in [0.2, 0.25) is 0 Å². The molecule has 1 aliphatic heterocycles. The van der Waals surface area contributed by atoms with Gasteiger partial charge in [-0.1, -0.05) is 0 Å². The van der Waals surface area contributed by atoms with Crippen LogP contribution in [0.1, 0.15) is 25.5 Å². The van der Waals surface area contributed by atoms with E-state index in [0.717, 1.165) is 30.3 Å². The Morgan fingerprint density at radius 1 is 1.78 bits per heavy atom. The summed E-state index contributed by atoms with van der Waals surface area (Å²) in [6.07, 6.45) is 2.71. The lowest BCUT2D eigenvalue weighted by atomic mass is 10.1. The third-order valence-corrected chi connectivity index (χ3v) is 3.80. The standard InChI is InChI=1S/C12H18N2O3S/c1-8(10-4-3-5-17-10)13-12-14-9(7-18-12)6-11(15)16-2/h7-8,10H,3-6H2,1-2H3,(H,13,14). The van der Waals surface area contributed by atoms with E-state index in [1.807, 2.05) is 5.38 Å². The van der Waals surface area contributed by atoms with Gasteiger partial charge in [0, 0.05) is 12.0 Å². The van der Waals surface area contributed by atoms with Crippen LogP contribution in [0.3, 0.4) is 0 Å². The SMILES string of the molecule is COC(=O)Cc1csc(NC(C)C2CCCO2)n1. The van der Waals surface area contributed by atoms with Crippen LogP contribution in [0.25, 0.3) is 0 Å². The lowest BCUT2D eigenvalue weighted by molar-refractivity contribution is -0.139. The quantitative estimate of drug-likeness (QED) is 0.827. The normalized spacial score (nSPS) is 20.7. The zero-order valence-corrected chi connectivity index (χ0v) is 11.5. The second-order valence-electron chi connectivity index (χ2n) is 4.38. The van der Waals surface area contributed by atoms with Gasteiger partial charge >= 0.3 is 5.97 Å². The summed E-state index contributed by atoms with van der Waals surface area (Å²) in [4.78, 5) is 15.5. The highest BCUT2D eigenvalue weighted by Crippen LogP contribution is 2.21. The Morgan fingerprint density at radius 3 is 3.28 bits per heavy atom. The highest BCUT2D eigenvalue weighted by atomic mass is 32.1. The Balaban J connectivity index is 1.87. The Morgan fingerprint density at radius 2 is 2.61 bits per heavy atom. The van der Waals surface area contributed by atoms with Gasteiger partial charge < -0.3 is 14.8 Å². The van der Waals surface area contributed by atoms with E-state index in [4.69, 9.17) is 4.74 Å². The molecule has 2 heterocycles. The van der Waals surface area contributed by atoms with E-state index in [1.54, 1.807) is 0 Å². The third-order valence-electron chi connectivity index (χ3n) is 2.98. The first kappa shape index (κ1) is 13.3. The van der Waals surface area contributed by atoms with E-state index in [9.17, 15) is 4.79 Å². The number of carbonyl (C=O) groups excluding carboxylic acids is 1. The molecule has 0 saturated carbocycles. The van der Waals surface area contributed by atoms with Crippen LogP contribution in [-0.4, -0.2) is 36.8 Å². The van der Waals surface area contributed by atoms with Crippen molar-refractivity contribution >= 4 is 22.4 Å². The number of esters is 1. The van der Waals surface area contributed by atoms with Gasteiger partial charge in [-0.3, -0.25) is 4.79 Å². The summed E-state index contributed by atoms with van der Waals surface area (Å²) in [5.74, 6) is -0.265. The van der Waals surface area contributed by atoms with E-state index in [0.29, 0.717) is 0 Å². The van der Waals surface area contributed by atoms with E-state index in [-0.39, 0.29) is 24.5 Å². The van der Waals surface area contributed by atoms with Crippen molar-refractivity contribution in [3.63, 3.8) is 0 Å². The van der Waals surface area contributed by atoms with Gasteiger partial charge in [-0.15, -0.1) is 11.3 Å². The van der Waals surface area contributed by atoms with Gasteiger partial charge in [0.25, 0.3) is 0 Å². The van der Waals surface area contributed by atoms with Gasteiger partial charge in [0.05, 0.1) is 31.4 Å². The summed E-state index contributed by atoms with van der Waals surface area (Å²) in [5, 5.41) is 6.03. The number of ether oxygens (including phenoxy) is 2. The summed E-state index contributed by atoms with van der Waals surface area (Å²) >= 11 is 1.50. The van der Waals surface area contributed by atoms with Gasteiger partial charge in [-0.25, -0.2) is 4.98 Å². The lowest BCUT2D eigenvalue weighted by Crippen LogP contribution is -2.29. The summed E-state index contributed by atoms with van der Waals surface area (Å²) in [6.45, 7) is 2.94. The smallest absolute Gasteiger partial charge is 0.311 e. The molecule has 0 amide bonds. The molecular formula is C12H18N2O3S. The molecule has 18 heavy (non-hydrogen) atoms. The zero-order chi connectivity index (χ0) is 13.0. The largest absolute Gasteiger partial charge is 0.469 e. The number of nitrogens with zero attached hydrogens (tertiary/aromatic N) is 1. The van der Waals surface area contributed by atoms with Crippen molar-refractivity contribution in [2.24, 2.45) is 0 Å². The maximum Gasteiger partial charge on any atom is 0.311 e. The molecular weight excluding hydrogens is 252 g/mol. The van der Waals surface area contributed by atoms with E-state index >= 15 is 0 Å². The molecule has 0 spiro atoms. The Bertz CT molecular complexity index is 402. The molecule has 1 fully saturated rings. The van der Waals surface area contributed by atoms with Crippen molar-refractivity contribution in [3.05, 3.63) is 11.1 Å². The van der Waals surface area contributed by atoms with Crippen LogP contribution < -0.4 is 5.32 Å². The molecule has 1 N–H and O–H groups in total. The summed E-state index contributed by atoms with van der Waals surface area (Å²) in [6, 6.07) is 0.240. The highest BCUT2D eigenvalue weighted by molar-refractivity contribution is 7.13. The molecule has 2 rings (SSSR count). The van der Waals surface area contributed by atoms with Crippen LogP contribution >= 0.6 is 11.3 Å². The summed E-state index contributed by atoms with van der Waals surface area (Å²) in [5.41, 5.74) is 0.744. The first-order valence-electron chi connectivity index (χ1n) is 6.08. The Hall–Kier alpha value is -1.14. The first-order chi connectivity index (χ1) is 8.69. The first-order valence-corrected chi connectivity index (χ1v) is 6.96. The fourth-order valence-corrected chi connectivity index (χ4v) is 2.77. The van der Waals surface area contributed by atoms with Crippen LogP contribution in [-0.2, 0) is 20.7 Å². The number of rotatable bonds is 5. The van der Waals surface area contributed by atoms with E-state index < -0.39 is 0 Å². The van der Waals surface area contributed by atoms with Crippen molar-refractivity contribution < 1.29 is 14.3 Å². The number of nitrogens with one attached hydrogen (secondary N) is 1. The van der Waals surface area contributed by atoms with Gasteiger partial charge in [0.1, 0.15) is 0 Å². The van der Waals surface area contributed by atoms with Crippen molar-refractivity contribution in [1.29, 1.82) is 0 Å². The fourth-order valence-electron chi connectivity index (χ4n) is 1.96. The van der Waals surface area contributed by atoms with Crippen LogP contribution in [0.5, 0.6) is 0 Å². The average Bonchev–Trinajstić information content (AvgIpc) is 3.00. The van der Waals surface area contributed by atoms with Crippen molar-refractivity contribution in [2.45, 2.75) is 38.3 Å². The molecule has 5 nitrogen and oxygen atoms in total. The molecule has 1 aliphatic rings. The number of anilines is 1. The molecule has 1 saturated heterocycles. The average molecular weight is 270 g/mol. The molecule has 2 atom stereocenters. The lowest BCUT2D eigenvalue weighted by Gasteiger charge is -2.19. The molecule has 0 aliphatic carbocycles. The molecule has 1 aromatic heterocycles. The molecule has 6 heteroatoms. The Kier molecular flexibility index (Phi) is 4.54. The highest BCUT2D eigenvalue weighted by Gasteiger charge is 2.22. The zero-order valence-electron chi connectivity index (χ0n) is 10.6. The maximum absolute atomic E-state index is 11.1. The van der Waals surface area contributed by atoms with Crippen molar-refractivity contribution in [3.8, 4) is 0 Å². The maximum atomic E-state index is 11.1. The van der Waals surface area contributed by atoms with Gasteiger partial charge in [-0.2, -0.15) is 0 Å². The monoisotopic (exact) mass is 270 g/mol. The van der Waals surface area contributed by atoms with Crippen molar-refractivity contribution in [2.75, 3.05) is 19.0 Å². The van der Waals surface area contributed by atoms with E-state index in [2.05, 4.69) is 22.0 Å². The fraction of sp³-hybridized carbons (Fsp3) is 0.667. The molecule has 1 aromatic rings. The number of carbonyl (C=O) groups is 1. The Labute approximate surface area is 111 Å². The molecule has 0 bridgehead atoms. The van der Waals surface area contributed by atoms with Crippen molar-refractivity contribution in [1.82, 2.24) is 4.98 Å². The molecule has 0 radical (unpaired) electrons. The topological polar surface area (TPSA) is 60.5 Å². The molecule has 100 valence electrons. The second-order valence-corrected chi connectivity index (χ2v) is 5.24. The molecule has 2 unspecified atom stereocenters. The van der Waals surface area contributed by atoms with Crippen LogP contribution in [0.15, 0.2) is 5.38 Å². The predicted molar refractivity (Wildman–Crippen MR) is 69.9 cm³/mol. The third kappa shape index (κ3) is 3.43. The number of hydrogen-bond donors (Lipinski definition) is 1. The summed E-state index contributed by atoms with van der Waals surface area (Å²) < 4.78 is 10.2. The van der Waals surface area contributed by atoms with Crippen LogP contribution in [0, 0.1) is 0 Å². The summed E-state index contributed by atoms with van der Waals surface area (Å²) in [7, 11) is 1.38. The number of hydrogen-bond acceptors (Lipinski definition) is 6. The number of methoxy groups -OCH3 is 1. The number of aromatic nitrogens is 1. The van der Waals surface area contributed by atoms with Gasteiger partial charge in [-0.05, 0) is 19.8 Å². The predicted octanol–water partition coefficient (Wildman–Crippen LogP) is 1.84. The van der Waals surface area contributed by atoms with Gasteiger partial charge in [0.15, 0.2) is 5.13 Å². The minimum atomic E-state index is -0.265. The minimum absolute atomic E-state index is 0.225. The molecule has 0 aromatic carbocycles. The van der Waals surface area contributed by atoms with E-state index in [1.165, 1.54) is 18.4 Å². The minimum Gasteiger partial charge on any atom is -0.469 e.